The van der Waals surface area contributed by atoms with Crippen LogP contribution in [0.2, 0.25) is 0 Å². The van der Waals surface area contributed by atoms with Crippen molar-refractivity contribution in [1.82, 2.24) is 10.3 Å². The second kappa shape index (κ2) is 9.41. The van der Waals surface area contributed by atoms with Gasteiger partial charge in [0.15, 0.2) is 5.96 Å². The highest BCUT2D eigenvalue weighted by atomic mass is 16.5. The number of rotatable bonds is 7. The van der Waals surface area contributed by atoms with E-state index in [1.165, 1.54) is 25.7 Å². The Bertz CT molecular complexity index is 449. The molecule has 22 heavy (non-hydrogen) atoms. The van der Waals surface area contributed by atoms with Gasteiger partial charge in [0.2, 0.25) is 0 Å². The molecule has 1 saturated carbocycles. The number of guanidine groups is 1. The molecule has 1 aromatic heterocycles. The van der Waals surface area contributed by atoms with Crippen molar-refractivity contribution in [3.8, 4) is 0 Å². The highest BCUT2D eigenvalue weighted by Crippen LogP contribution is 2.25. The SMILES string of the molecule is C[C@H]1CCCC[C@H]1OCCN=C(N)NCCc1ccccn1. The normalized spacial score (nSPS) is 22.5. The second-order valence-corrected chi connectivity index (χ2v) is 5.94. The van der Waals surface area contributed by atoms with Gasteiger partial charge >= 0.3 is 0 Å². The molecule has 1 fully saturated rings. The summed E-state index contributed by atoms with van der Waals surface area (Å²) in [5.74, 6) is 1.16. The molecule has 1 aliphatic rings. The summed E-state index contributed by atoms with van der Waals surface area (Å²) in [4.78, 5) is 8.57. The molecule has 1 aromatic rings. The summed E-state index contributed by atoms with van der Waals surface area (Å²) >= 11 is 0. The van der Waals surface area contributed by atoms with Crippen molar-refractivity contribution >= 4 is 5.96 Å². The van der Waals surface area contributed by atoms with Gasteiger partial charge in [-0.2, -0.15) is 0 Å². The summed E-state index contributed by atoms with van der Waals surface area (Å²) < 4.78 is 5.92. The first-order chi connectivity index (χ1) is 10.8. The van der Waals surface area contributed by atoms with Crippen LogP contribution in [0.25, 0.3) is 0 Å². The fourth-order valence-corrected chi connectivity index (χ4v) is 2.82. The third kappa shape index (κ3) is 6.02. The van der Waals surface area contributed by atoms with E-state index in [-0.39, 0.29) is 0 Å². The zero-order valence-corrected chi connectivity index (χ0v) is 13.5. The zero-order valence-electron chi connectivity index (χ0n) is 13.5. The first-order valence-corrected chi connectivity index (χ1v) is 8.31. The van der Waals surface area contributed by atoms with Crippen LogP contribution < -0.4 is 11.1 Å². The molecule has 1 aliphatic carbocycles. The van der Waals surface area contributed by atoms with Crippen molar-refractivity contribution in [2.45, 2.75) is 45.1 Å². The molecule has 0 unspecified atom stereocenters. The molecule has 0 bridgehead atoms. The molecule has 122 valence electrons. The Morgan fingerprint density at radius 1 is 1.41 bits per heavy atom. The number of hydrogen-bond acceptors (Lipinski definition) is 3. The van der Waals surface area contributed by atoms with Gasteiger partial charge in [-0.3, -0.25) is 9.98 Å². The summed E-state index contributed by atoms with van der Waals surface area (Å²) in [5, 5.41) is 3.11. The quantitative estimate of drug-likeness (QED) is 0.460. The van der Waals surface area contributed by atoms with E-state index in [2.05, 4.69) is 22.2 Å². The Morgan fingerprint density at radius 2 is 2.27 bits per heavy atom. The lowest BCUT2D eigenvalue weighted by molar-refractivity contribution is -0.000654. The molecule has 5 heteroatoms. The van der Waals surface area contributed by atoms with Crippen LogP contribution in [0.4, 0.5) is 0 Å². The van der Waals surface area contributed by atoms with Crippen LogP contribution in [0, 0.1) is 5.92 Å². The van der Waals surface area contributed by atoms with Gasteiger partial charge in [-0.25, -0.2) is 0 Å². The van der Waals surface area contributed by atoms with Gasteiger partial charge < -0.3 is 15.8 Å². The Balaban J connectivity index is 1.57. The van der Waals surface area contributed by atoms with Gasteiger partial charge in [0.05, 0.1) is 19.3 Å². The van der Waals surface area contributed by atoms with E-state index in [1.54, 1.807) is 6.20 Å². The van der Waals surface area contributed by atoms with Crippen molar-refractivity contribution in [3.63, 3.8) is 0 Å². The molecular formula is C17H28N4O. The largest absolute Gasteiger partial charge is 0.376 e. The standard InChI is InChI=1S/C17H28N4O/c1-14-6-2-3-8-16(14)22-13-12-21-17(18)20-11-9-15-7-4-5-10-19-15/h4-5,7,10,14,16H,2-3,6,8-9,11-13H2,1H3,(H3,18,20,21)/t14-,16+/m0/s1. The number of ether oxygens (including phenoxy) is 1. The Hall–Kier alpha value is -1.62. The van der Waals surface area contributed by atoms with E-state index < -0.39 is 0 Å². The molecule has 0 spiro atoms. The van der Waals surface area contributed by atoms with Crippen LogP contribution in [0.3, 0.4) is 0 Å². The number of hydrogen-bond donors (Lipinski definition) is 2. The third-order valence-corrected chi connectivity index (χ3v) is 4.15. The maximum atomic E-state index is 5.92. The van der Waals surface area contributed by atoms with E-state index >= 15 is 0 Å². The molecular weight excluding hydrogens is 276 g/mol. The number of nitrogens with zero attached hydrogens (tertiary/aromatic N) is 2. The first kappa shape index (κ1) is 16.7. The number of aliphatic imine (C=N–C) groups is 1. The topological polar surface area (TPSA) is 72.5 Å². The van der Waals surface area contributed by atoms with E-state index in [4.69, 9.17) is 10.5 Å². The Morgan fingerprint density at radius 3 is 3.05 bits per heavy atom. The van der Waals surface area contributed by atoms with Crippen molar-refractivity contribution < 1.29 is 4.74 Å². The Kier molecular flexibility index (Phi) is 7.16. The van der Waals surface area contributed by atoms with Crippen LogP contribution in [-0.2, 0) is 11.2 Å². The van der Waals surface area contributed by atoms with Gasteiger partial charge in [0.25, 0.3) is 0 Å². The minimum Gasteiger partial charge on any atom is -0.376 e. The van der Waals surface area contributed by atoms with Crippen LogP contribution in [0.15, 0.2) is 29.4 Å². The predicted octanol–water partition coefficient (Wildman–Crippen LogP) is 2.12. The summed E-state index contributed by atoms with van der Waals surface area (Å²) in [6.45, 7) is 4.29. The first-order valence-electron chi connectivity index (χ1n) is 8.31. The molecule has 3 N–H and O–H groups in total. The van der Waals surface area contributed by atoms with Gasteiger partial charge in [-0.1, -0.05) is 25.8 Å². The average Bonchev–Trinajstić information content (AvgIpc) is 2.54. The highest BCUT2D eigenvalue weighted by Gasteiger charge is 2.21. The fraction of sp³-hybridized carbons (Fsp3) is 0.647. The zero-order chi connectivity index (χ0) is 15.6. The maximum Gasteiger partial charge on any atom is 0.188 e. The van der Waals surface area contributed by atoms with Crippen molar-refractivity contribution in [3.05, 3.63) is 30.1 Å². The second-order valence-electron chi connectivity index (χ2n) is 5.94. The van der Waals surface area contributed by atoms with E-state index in [0.717, 1.165) is 18.7 Å². The van der Waals surface area contributed by atoms with Crippen LogP contribution >= 0.6 is 0 Å². The monoisotopic (exact) mass is 304 g/mol. The lowest BCUT2D eigenvalue weighted by Gasteiger charge is -2.28. The average molecular weight is 304 g/mol. The van der Waals surface area contributed by atoms with Gasteiger partial charge in [0.1, 0.15) is 0 Å². The van der Waals surface area contributed by atoms with Crippen molar-refractivity contribution in [2.24, 2.45) is 16.6 Å². The number of nitrogens with two attached hydrogens (primary N) is 1. The smallest absolute Gasteiger partial charge is 0.188 e. The maximum absolute atomic E-state index is 5.92. The van der Waals surface area contributed by atoms with E-state index in [0.29, 0.717) is 31.1 Å². The van der Waals surface area contributed by atoms with Crippen LogP contribution in [-0.4, -0.2) is 36.7 Å². The summed E-state index contributed by atoms with van der Waals surface area (Å²) in [7, 11) is 0. The fourth-order valence-electron chi connectivity index (χ4n) is 2.82. The van der Waals surface area contributed by atoms with Gasteiger partial charge in [-0.05, 0) is 30.9 Å². The summed E-state index contributed by atoms with van der Waals surface area (Å²) in [6, 6.07) is 5.91. The van der Waals surface area contributed by atoms with Gasteiger partial charge in [-0.15, -0.1) is 0 Å². The molecule has 1 heterocycles. The molecule has 0 aliphatic heterocycles. The predicted molar refractivity (Wildman–Crippen MR) is 89.8 cm³/mol. The molecule has 0 amide bonds. The molecule has 0 saturated heterocycles. The van der Waals surface area contributed by atoms with E-state index in [1.807, 2.05) is 18.2 Å². The lowest BCUT2D eigenvalue weighted by atomic mass is 9.88. The number of aromatic nitrogens is 1. The highest BCUT2D eigenvalue weighted by molar-refractivity contribution is 5.77. The molecule has 2 rings (SSSR count). The molecule has 2 atom stereocenters. The molecule has 0 radical (unpaired) electrons. The number of pyridine rings is 1. The van der Waals surface area contributed by atoms with Crippen LogP contribution in [0.1, 0.15) is 38.3 Å². The minimum absolute atomic E-state index is 0.405. The Labute approximate surface area is 133 Å². The minimum atomic E-state index is 0.405. The summed E-state index contributed by atoms with van der Waals surface area (Å²) in [6.07, 6.45) is 8.14. The summed E-state index contributed by atoms with van der Waals surface area (Å²) in [5.41, 5.74) is 6.90. The van der Waals surface area contributed by atoms with Crippen molar-refractivity contribution in [2.75, 3.05) is 19.7 Å². The third-order valence-electron chi connectivity index (χ3n) is 4.15. The van der Waals surface area contributed by atoms with Gasteiger partial charge in [0, 0.05) is 24.9 Å². The van der Waals surface area contributed by atoms with Crippen molar-refractivity contribution in [1.29, 1.82) is 0 Å². The molecule has 5 nitrogen and oxygen atoms in total. The van der Waals surface area contributed by atoms with Crippen LogP contribution in [0.5, 0.6) is 0 Å². The number of nitrogens with one attached hydrogen (secondary N) is 1. The van der Waals surface area contributed by atoms with E-state index in [9.17, 15) is 0 Å². The lowest BCUT2D eigenvalue weighted by Crippen LogP contribution is -2.34. The molecule has 0 aromatic carbocycles.